The van der Waals surface area contributed by atoms with Gasteiger partial charge in [0, 0.05) is 11.9 Å². The molecule has 0 aliphatic heterocycles. The average Bonchev–Trinajstić information content (AvgIpc) is 3.29. The fraction of sp³-hybridized carbons (Fsp3) is 0.524. The van der Waals surface area contributed by atoms with Crippen molar-refractivity contribution in [2.45, 2.75) is 58.5 Å². The topological polar surface area (TPSA) is 77.1 Å². The van der Waals surface area contributed by atoms with Crippen LogP contribution in [0.5, 0.6) is 0 Å². The van der Waals surface area contributed by atoms with Crippen molar-refractivity contribution in [2.75, 3.05) is 12.0 Å². The lowest BCUT2D eigenvalue weighted by Gasteiger charge is -2.23. The summed E-state index contributed by atoms with van der Waals surface area (Å²) in [5.74, 6) is 1.73. The van der Waals surface area contributed by atoms with Crippen LogP contribution in [-0.4, -0.2) is 42.3 Å². The molecule has 0 aromatic carbocycles. The number of thioether (sulfide) groups is 1. The maximum atomic E-state index is 13.1. The van der Waals surface area contributed by atoms with E-state index in [2.05, 4.69) is 61.5 Å². The Morgan fingerprint density at radius 2 is 2.00 bits per heavy atom. The molecule has 7 nitrogen and oxygen atoms in total. The molecule has 156 valence electrons. The lowest BCUT2D eigenvalue weighted by molar-refractivity contribution is 0.0927. The maximum absolute atomic E-state index is 13.1. The molecule has 3 rings (SSSR count). The molecule has 0 aliphatic carbocycles. The molecule has 0 radical (unpaired) electrons. The number of amides is 1. The zero-order valence-corrected chi connectivity index (χ0v) is 18.8. The van der Waals surface area contributed by atoms with Gasteiger partial charge >= 0.3 is 0 Å². The van der Waals surface area contributed by atoms with Crippen molar-refractivity contribution >= 4 is 23.3 Å². The number of rotatable bonds is 7. The second-order valence-electron chi connectivity index (χ2n) is 8.49. The fourth-order valence-corrected chi connectivity index (χ4v) is 3.76. The number of nitrogens with zero attached hydrogens (tertiary/aromatic N) is 5. The van der Waals surface area contributed by atoms with Crippen LogP contribution >= 0.6 is 11.8 Å². The third-order valence-corrected chi connectivity index (χ3v) is 5.41. The van der Waals surface area contributed by atoms with Gasteiger partial charge in [-0.2, -0.15) is 16.9 Å². The van der Waals surface area contributed by atoms with Crippen molar-refractivity contribution in [1.82, 2.24) is 29.7 Å². The number of pyridine rings is 1. The molecule has 1 amide bonds. The Hall–Kier alpha value is -2.35. The molecule has 1 unspecified atom stereocenters. The Labute approximate surface area is 176 Å². The van der Waals surface area contributed by atoms with E-state index in [9.17, 15) is 4.79 Å². The highest BCUT2D eigenvalue weighted by molar-refractivity contribution is 7.98. The van der Waals surface area contributed by atoms with Crippen molar-refractivity contribution in [3.8, 4) is 0 Å². The first-order valence-electron chi connectivity index (χ1n) is 9.92. The number of aromatic nitrogens is 5. The number of hydrogen-bond acceptors (Lipinski definition) is 5. The summed E-state index contributed by atoms with van der Waals surface area (Å²) < 4.78 is 3.88. The van der Waals surface area contributed by atoms with Crippen molar-refractivity contribution in [3.05, 3.63) is 47.7 Å². The summed E-state index contributed by atoms with van der Waals surface area (Å²) in [7, 11) is 0. The number of carbonyl (C=O) groups is 1. The van der Waals surface area contributed by atoms with Gasteiger partial charge in [-0.25, -0.2) is 0 Å². The van der Waals surface area contributed by atoms with Gasteiger partial charge in [0.25, 0.3) is 5.91 Å². The van der Waals surface area contributed by atoms with E-state index in [4.69, 9.17) is 0 Å². The molecule has 0 bridgehead atoms. The highest BCUT2D eigenvalue weighted by Crippen LogP contribution is 2.24. The predicted octanol–water partition coefficient (Wildman–Crippen LogP) is 4.03. The highest BCUT2D eigenvalue weighted by Gasteiger charge is 2.26. The van der Waals surface area contributed by atoms with Crippen molar-refractivity contribution < 1.29 is 4.79 Å². The Morgan fingerprint density at radius 1 is 1.24 bits per heavy atom. The van der Waals surface area contributed by atoms with Crippen LogP contribution in [0.4, 0.5) is 0 Å². The van der Waals surface area contributed by atoms with E-state index in [-0.39, 0.29) is 23.4 Å². The van der Waals surface area contributed by atoms with E-state index in [1.54, 1.807) is 11.8 Å². The Bertz CT molecular complexity index is 985. The fourth-order valence-electron chi connectivity index (χ4n) is 3.29. The smallest absolute Gasteiger partial charge is 0.272 e. The van der Waals surface area contributed by atoms with Gasteiger partial charge in [0.15, 0.2) is 11.5 Å². The summed E-state index contributed by atoms with van der Waals surface area (Å²) in [6.07, 6.45) is 4.74. The minimum absolute atomic E-state index is 0.186. The molecule has 29 heavy (non-hydrogen) atoms. The summed E-state index contributed by atoms with van der Waals surface area (Å²) >= 11 is 1.74. The van der Waals surface area contributed by atoms with Crippen LogP contribution in [0.2, 0.25) is 0 Å². The molecule has 0 aliphatic rings. The number of nitrogens with one attached hydrogen (secondary N) is 1. The molecule has 3 aromatic heterocycles. The second kappa shape index (κ2) is 8.57. The van der Waals surface area contributed by atoms with E-state index in [0.29, 0.717) is 5.69 Å². The molecule has 1 N–H and O–H groups in total. The van der Waals surface area contributed by atoms with Crippen LogP contribution in [-0.2, 0) is 5.54 Å². The molecular weight excluding hydrogens is 384 g/mol. The van der Waals surface area contributed by atoms with Crippen molar-refractivity contribution in [1.29, 1.82) is 0 Å². The van der Waals surface area contributed by atoms with Crippen LogP contribution in [0.15, 0.2) is 30.5 Å². The standard InChI is InChI=1S/C21H30N6OS/c1-14(2)17-13-16(25-27(17)21(3,4)5)20(28)22-15(10-12-29-6)19-24-23-18-9-7-8-11-26(18)19/h7-9,11,13-15H,10,12H2,1-6H3,(H,22,28). The van der Waals surface area contributed by atoms with Gasteiger partial charge in [0.2, 0.25) is 0 Å². The third-order valence-electron chi connectivity index (χ3n) is 4.76. The van der Waals surface area contributed by atoms with Gasteiger partial charge in [-0.15, -0.1) is 10.2 Å². The highest BCUT2D eigenvalue weighted by atomic mass is 32.2. The SMILES string of the molecule is CSCCC(NC(=O)c1cc(C(C)C)n(C(C)(C)C)n1)c1nnc2ccccn12. The number of fused-ring (bicyclic) bond motifs is 1. The average molecular weight is 415 g/mol. The minimum Gasteiger partial charge on any atom is -0.341 e. The minimum atomic E-state index is -0.241. The lowest BCUT2D eigenvalue weighted by atomic mass is 10.1. The summed E-state index contributed by atoms with van der Waals surface area (Å²) in [5, 5.41) is 16.4. The van der Waals surface area contributed by atoms with Gasteiger partial charge in [-0.1, -0.05) is 19.9 Å². The molecule has 3 aromatic rings. The lowest BCUT2D eigenvalue weighted by Crippen LogP contribution is -2.31. The molecule has 3 heterocycles. The first kappa shape index (κ1) is 21.4. The van der Waals surface area contributed by atoms with E-state index in [1.165, 1.54) is 0 Å². The Kier molecular flexibility index (Phi) is 6.31. The monoisotopic (exact) mass is 414 g/mol. The maximum Gasteiger partial charge on any atom is 0.272 e. The quantitative estimate of drug-likeness (QED) is 0.632. The van der Waals surface area contributed by atoms with E-state index in [1.807, 2.05) is 39.5 Å². The number of carbonyl (C=O) groups excluding carboxylic acids is 1. The normalized spacial score (nSPS) is 13.2. The Morgan fingerprint density at radius 3 is 2.62 bits per heavy atom. The summed E-state index contributed by atoms with van der Waals surface area (Å²) in [5.41, 5.74) is 2.06. The zero-order valence-electron chi connectivity index (χ0n) is 18.0. The molecule has 0 saturated heterocycles. The van der Waals surface area contributed by atoms with Crippen LogP contribution in [0.1, 0.15) is 75.0 Å². The van der Waals surface area contributed by atoms with Gasteiger partial charge < -0.3 is 5.32 Å². The summed E-state index contributed by atoms with van der Waals surface area (Å²) in [6.45, 7) is 10.5. The Balaban J connectivity index is 1.91. The molecule has 8 heteroatoms. The largest absolute Gasteiger partial charge is 0.341 e. The summed E-state index contributed by atoms with van der Waals surface area (Å²) in [4.78, 5) is 13.1. The van der Waals surface area contributed by atoms with Crippen LogP contribution in [0.3, 0.4) is 0 Å². The van der Waals surface area contributed by atoms with Gasteiger partial charge in [-0.3, -0.25) is 13.9 Å². The molecule has 0 fully saturated rings. The molecule has 0 spiro atoms. The second-order valence-corrected chi connectivity index (χ2v) is 9.47. The van der Waals surface area contributed by atoms with Gasteiger partial charge in [-0.05, 0) is 63.3 Å². The van der Waals surface area contributed by atoms with E-state index in [0.717, 1.165) is 29.3 Å². The predicted molar refractivity (Wildman–Crippen MR) is 118 cm³/mol. The third kappa shape index (κ3) is 4.63. The molecule has 0 saturated carbocycles. The van der Waals surface area contributed by atoms with E-state index >= 15 is 0 Å². The first-order valence-corrected chi connectivity index (χ1v) is 11.3. The van der Waals surface area contributed by atoms with Crippen molar-refractivity contribution in [3.63, 3.8) is 0 Å². The van der Waals surface area contributed by atoms with Crippen LogP contribution in [0, 0.1) is 0 Å². The number of hydrogen-bond donors (Lipinski definition) is 1. The first-order chi connectivity index (χ1) is 13.7. The van der Waals surface area contributed by atoms with Crippen LogP contribution in [0.25, 0.3) is 5.65 Å². The summed E-state index contributed by atoms with van der Waals surface area (Å²) in [6, 6.07) is 7.43. The zero-order chi connectivity index (χ0) is 21.2. The molecular formula is C21H30N6OS. The van der Waals surface area contributed by atoms with Gasteiger partial charge in [0.1, 0.15) is 5.69 Å². The van der Waals surface area contributed by atoms with Gasteiger partial charge in [0.05, 0.1) is 11.6 Å². The van der Waals surface area contributed by atoms with Crippen LogP contribution < -0.4 is 5.32 Å². The van der Waals surface area contributed by atoms with Crippen molar-refractivity contribution in [2.24, 2.45) is 0 Å². The van der Waals surface area contributed by atoms with E-state index < -0.39 is 0 Å². The molecule has 1 atom stereocenters.